The molecular weight excluding hydrogens is 292 g/mol. The van der Waals surface area contributed by atoms with Crippen LogP contribution in [0.25, 0.3) is 0 Å². The molecule has 1 saturated heterocycles. The molecule has 0 saturated carbocycles. The topological polar surface area (TPSA) is 58.6 Å². The molecule has 1 atom stereocenters. The molecule has 0 bridgehead atoms. The van der Waals surface area contributed by atoms with Gasteiger partial charge in [-0.25, -0.2) is 4.79 Å². The molecule has 1 aliphatic rings. The van der Waals surface area contributed by atoms with E-state index in [9.17, 15) is 9.59 Å². The number of unbranched alkanes of at least 4 members (excludes halogenated alkanes) is 1. The zero-order chi connectivity index (χ0) is 16.7. The van der Waals surface area contributed by atoms with Gasteiger partial charge in [-0.15, -0.1) is 0 Å². The first kappa shape index (κ1) is 17.3. The molecule has 0 radical (unpaired) electrons. The number of carbonyl (C=O) groups excluding carboxylic acids is 2. The van der Waals surface area contributed by atoms with Gasteiger partial charge in [-0.1, -0.05) is 39.2 Å². The van der Waals surface area contributed by atoms with Gasteiger partial charge in [0.05, 0.1) is 6.54 Å². The minimum Gasteiger partial charge on any atom is -0.447 e. The second-order valence-electron chi connectivity index (χ2n) is 5.94. The van der Waals surface area contributed by atoms with Crippen molar-refractivity contribution < 1.29 is 14.3 Å². The lowest BCUT2D eigenvalue weighted by atomic mass is 9.99. The van der Waals surface area contributed by atoms with Crippen molar-refractivity contribution in [2.24, 2.45) is 5.92 Å². The van der Waals surface area contributed by atoms with E-state index in [-0.39, 0.29) is 12.0 Å². The highest BCUT2D eigenvalue weighted by molar-refractivity contribution is 5.97. The molecule has 5 nitrogen and oxygen atoms in total. The minimum absolute atomic E-state index is 0.0886. The average molecular weight is 318 g/mol. The van der Waals surface area contributed by atoms with E-state index in [1.165, 1.54) is 12.8 Å². The van der Waals surface area contributed by atoms with Crippen LogP contribution in [0.4, 0.5) is 10.5 Å². The third kappa shape index (κ3) is 4.71. The summed E-state index contributed by atoms with van der Waals surface area (Å²) in [5, 5.41) is 3.01. The van der Waals surface area contributed by atoms with Gasteiger partial charge in [0.25, 0.3) is 5.91 Å². The smallest absolute Gasteiger partial charge is 0.414 e. The lowest BCUT2D eigenvalue weighted by molar-refractivity contribution is 0.0945. The molecule has 1 aromatic rings. The van der Waals surface area contributed by atoms with E-state index in [0.29, 0.717) is 36.9 Å². The largest absolute Gasteiger partial charge is 0.447 e. The SMILES string of the molecule is CCCCC(CC)CNC(=O)c1cccc(N2CCOC2=O)c1. The van der Waals surface area contributed by atoms with Crippen molar-refractivity contribution in [3.8, 4) is 0 Å². The molecule has 0 spiro atoms. The molecule has 1 aromatic carbocycles. The van der Waals surface area contributed by atoms with Gasteiger partial charge >= 0.3 is 6.09 Å². The fourth-order valence-electron chi connectivity index (χ4n) is 2.73. The number of anilines is 1. The summed E-state index contributed by atoms with van der Waals surface area (Å²) < 4.78 is 4.94. The monoisotopic (exact) mass is 318 g/mol. The first-order valence-electron chi connectivity index (χ1n) is 8.48. The Morgan fingerprint density at radius 3 is 2.87 bits per heavy atom. The van der Waals surface area contributed by atoms with Gasteiger partial charge in [-0.05, 0) is 30.5 Å². The average Bonchev–Trinajstić information content (AvgIpc) is 3.01. The summed E-state index contributed by atoms with van der Waals surface area (Å²) in [5.41, 5.74) is 1.28. The van der Waals surface area contributed by atoms with Crippen molar-refractivity contribution in [3.05, 3.63) is 29.8 Å². The van der Waals surface area contributed by atoms with E-state index >= 15 is 0 Å². The minimum atomic E-state index is -0.354. The Bertz CT molecular complexity index is 545. The van der Waals surface area contributed by atoms with Crippen LogP contribution in [0.1, 0.15) is 49.9 Å². The molecule has 126 valence electrons. The number of benzene rings is 1. The first-order valence-corrected chi connectivity index (χ1v) is 8.48. The fourth-order valence-corrected chi connectivity index (χ4v) is 2.73. The van der Waals surface area contributed by atoms with Crippen LogP contribution in [0, 0.1) is 5.92 Å². The van der Waals surface area contributed by atoms with Gasteiger partial charge < -0.3 is 10.1 Å². The zero-order valence-electron chi connectivity index (χ0n) is 14.0. The van der Waals surface area contributed by atoms with Gasteiger partial charge in [0.1, 0.15) is 6.61 Å². The van der Waals surface area contributed by atoms with E-state index in [2.05, 4.69) is 19.2 Å². The number of nitrogens with one attached hydrogen (secondary N) is 1. The van der Waals surface area contributed by atoms with E-state index < -0.39 is 0 Å². The van der Waals surface area contributed by atoms with Gasteiger partial charge in [0, 0.05) is 17.8 Å². The van der Waals surface area contributed by atoms with Gasteiger partial charge in [0.15, 0.2) is 0 Å². The van der Waals surface area contributed by atoms with E-state index in [1.54, 1.807) is 23.1 Å². The Labute approximate surface area is 138 Å². The molecule has 1 unspecified atom stereocenters. The molecule has 1 heterocycles. The molecule has 2 rings (SSSR count). The number of amides is 2. The molecular formula is C18H26N2O3. The summed E-state index contributed by atoms with van der Waals surface area (Å²) >= 11 is 0. The second kappa shape index (κ2) is 8.56. The molecule has 5 heteroatoms. The summed E-state index contributed by atoms with van der Waals surface area (Å²) in [4.78, 5) is 25.5. The summed E-state index contributed by atoms with van der Waals surface area (Å²) in [6.45, 7) is 5.96. The molecule has 1 fully saturated rings. The molecule has 2 amide bonds. The van der Waals surface area contributed by atoms with Crippen molar-refractivity contribution in [2.75, 3.05) is 24.6 Å². The number of hydrogen-bond acceptors (Lipinski definition) is 3. The number of hydrogen-bond donors (Lipinski definition) is 1. The molecule has 23 heavy (non-hydrogen) atoms. The number of ether oxygens (including phenoxy) is 1. The third-order valence-electron chi connectivity index (χ3n) is 4.28. The number of rotatable bonds is 8. The first-order chi connectivity index (χ1) is 11.2. The molecule has 1 aliphatic heterocycles. The van der Waals surface area contributed by atoms with Crippen LogP contribution < -0.4 is 10.2 Å². The molecule has 1 N–H and O–H groups in total. The van der Waals surface area contributed by atoms with Gasteiger partial charge in [0.2, 0.25) is 0 Å². The van der Waals surface area contributed by atoms with E-state index in [0.717, 1.165) is 12.8 Å². The highest BCUT2D eigenvalue weighted by atomic mass is 16.6. The quantitative estimate of drug-likeness (QED) is 0.797. The van der Waals surface area contributed by atoms with Crippen molar-refractivity contribution in [1.82, 2.24) is 5.32 Å². The predicted molar refractivity (Wildman–Crippen MR) is 90.8 cm³/mol. The molecule has 0 aliphatic carbocycles. The van der Waals surface area contributed by atoms with Crippen LogP contribution >= 0.6 is 0 Å². The number of carbonyl (C=O) groups is 2. The van der Waals surface area contributed by atoms with E-state index in [4.69, 9.17) is 4.74 Å². The van der Waals surface area contributed by atoms with Gasteiger partial charge in [-0.3, -0.25) is 9.69 Å². The van der Waals surface area contributed by atoms with Crippen LogP contribution in [0.5, 0.6) is 0 Å². The zero-order valence-corrected chi connectivity index (χ0v) is 14.0. The Morgan fingerprint density at radius 1 is 1.39 bits per heavy atom. The van der Waals surface area contributed by atoms with Crippen LogP contribution in [-0.2, 0) is 4.74 Å². The molecule has 0 aromatic heterocycles. The standard InChI is InChI=1S/C18H26N2O3/c1-3-5-7-14(4-2)13-19-17(21)15-8-6-9-16(12-15)20-10-11-23-18(20)22/h6,8-9,12,14H,3-5,7,10-11,13H2,1-2H3,(H,19,21). The maximum Gasteiger partial charge on any atom is 0.414 e. The summed E-state index contributed by atoms with van der Waals surface area (Å²) in [7, 11) is 0. The summed E-state index contributed by atoms with van der Waals surface area (Å²) in [6.07, 6.45) is 4.24. The summed E-state index contributed by atoms with van der Waals surface area (Å²) in [5.74, 6) is 0.435. The Morgan fingerprint density at radius 2 is 2.22 bits per heavy atom. The third-order valence-corrected chi connectivity index (χ3v) is 4.28. The lowest BCUT2D eigenvalue weighted by Crippen LogP contribution is -2.29. The highest BCUT2D eigenvalue weighted by Crippen LogP contribution is 2.20. The maximum atomic E-state index is 12.3. The normalized spacial score (nSPS) is 15.4. The second-order valence-corrected chi connectivity index (χ2v) is 5.94. The van der Waals surface area contributed by atoms with Crippen molar-refractivity contribution in [1.29, 1.82) is 0 Å². The highest BCUT2D eigenvalue weighted by Gasteiger charge is 2.24. The van der Waals surface area contributed by atoms with Crippen LogP contribution in [0.2, 0.25) is 0 Å². The Balaban J connectivity index is 1.95. The number of cyclic esters (lactones) is 1. The van der Waals surface area contributed by atoms with Crippen LogP contribution in [-0.4, -0.2) is 31.7 Å². The fraction of sp³-hybridized carbons (Fsp3) is 0.556. The number of nitrogens with zero attached hydrogens (tertiary/aromatic N) is 1. The van der Waals surface area contributed by atoms with Gasteiger partial charge in [-0.2, -0.15) is 0 Å². The van der Waals surface area contributed by atoms with Crippen molar-refractivity contribution >= 4 is 17.7 Å². The Hall–Kier alpha value is -2.04. The van der Waals surface area contributed by atoms with E-state index in [1.807, 2.05) is 6.07 Å². The van der Waals surface area contributed by atoms with Crippen LogP contribution in [0.15, 0.2) is 24.3 Å². The summed E-state index contributed by atoms with van der Waals surface area (Å²) in [6, 6.07) is 7.13. The Kier molecular flexibility index (Phi) is 6.44. The van der Waals surface area contributed by atoms with Crippen molar-refractivity contribution in [3.63, 3.8) is 0 Å². The van der Waals surface area contributed by atoms with Crippen LogP contribution in [0.3, 0.4) is 0 Å². The van der Waals surface area contributed by atoms with Crippen molar-refractivity contribution in [2.45, 2.75) is 39.5 Å². The lowest BCUT2D eigenvalue weighted by Gasteiger charge is -2.16. The predicted octanol–water partition coefficient (Wildman–Crippen LogP) is 3.59. The maximum absolute atomic E-state index is 12.3.